The Hall–Kier alpha value is -3.39. The molecule has 0 saturated heterocycles. The lowest BCUT2D eigenvalue weighted by molar-refractivity contribution is -0.146. The van der Waals surface area contributed by atoms with Crippen LogP contribution < -0.4 is 10.6 Å². The minimum atomic E-state index is -1.48. The lowest BCUT2D eigenvalue weighted by atomic mass is 9.98. The number of carbonyl (C=O) groups excluding carboxylic acids is 2. The van der Waals surface area contributed by atoms with Crippen molar-refractivity contribution < 1.29 is 29.0 Å². The quantitative estimate of drug-likeness (QED) is 0.553. The topological polar surface area (TPSA) is 114 Å². The van der Waals surface area contributed by atoms with Gasteiger partial charge in [-0.1, -0.05) is 48.5 Å². The van der Waals surface area contributed by atoms with Gasteiger partial charge in [0.05, 0.1) is 0 Å². The molecule has 0 bridgehead atoms. The van der Waals surface area contributed by atoms with Crippen molar-refractivity contribution in [3.63, 3.8) is 0 Å². The SMILES string of the molecule is COCCC(NC(=O)OCC1c2ccccc2-c2ccccc21)C(=O)NC(C)(C)C(=O)O. The molecule has 0 heterocycles. The Kier molecular flexibility index (Phi) is 7.15. The number of methoxy groups -OCH3 is 1. The van der Waals surface area contributed by atoms with Crippen LogP contribution in [0.3, 0.4) is 0 Å². The molecule has 3 rings (SSSR count). The molecule has 0 aliphatic heterocycles. The third kappa shape index (κ3) is 5.08. The second-order valence-corrected chi connectivity index (χ2v) is 8.22. The number of alkyl carbamates (subject to hydrolysis) is 1. The molecule has 0 fully saturated rings. The van der Waals surface area contributed by atoms with E-state index in [-0.39, 0.29) is 25.6 Å². The Bertz CT molecular complexity index is 958. The zero-order valence-corrected chi connectivity index (χ0v) is 18.4. The van der Waals surface area contributed by atoms with Crippen molar-refractivity contribution in [1.82, 2.24) is 10.6 Å². The van der Waals surface area contributed by atoms with E-state index in [4.69, 9.17) is 9.47 Å². The summed E-state index contributed by atoms with van der Waals surface area (Å²) in [6.45, 7) is 3.05. The number of hydrogen-bond donors (Lipinski definition) is 3. The Morgan fingerprint density at radius 1 is 1.03 bits per heavy atom. The van der Waals surface area contributed by atoms with Crippen LogP contribution in [0.1, 0.15) is 37.3 Å². The average molecular weight is 440 g/mol. The minimum Gasteiger partial charge on any atom is -0.480 e. The average Bonchev–Trinajstić information content (AvgIpc) is 3.08. The predicted molar refractivity (Wildman–Crippen MR) is 118 cm³/mol. The molecule has 0 radical (unpaired) electrons. The Labute approximate surface area is 186 Å². The summed E-state index contributed by atoms with van der Waals surface area (Å²) in [5, 5.41) is 14.2. The standard InChI is InChI=1S/C24H28N2O6/c1-24(2,22(28)29)26-21(27)20(12-13-31-3)25-23(30)32-14-19-17-10-6-4-8-15(17)16-9-5-7-11-18(16)19/h4-11,19-20H,12-14H2,1-3H3,(H,25,30)(H,26,27)(H,28,29). The molecule has 8 nitrogen and oxygen atoms in total. The number of benzene rings is 2. The van der Waals surface area contributed by atoms with Gasteiger partial charge in [0, 0.05) is 26.1 Å². The molecule has 1 atom stereocenters. The first-order valence-corrected chi connectivity index (χ1v) is 10.4. The molecule has 2 amide bonds. The van der Waals surface area contributed by atoms with E-state index in [1.807, 2.05) is 48.5 Å². The third-order valence-electron chi connectivity index (χ3n) is 5.53. The van der Waals surface area contributed by atoms with Gasteiger partial charge in [0.2, 0.25) is 5.91 Å². The molecule has 1 aliphatic carbocycles. The van der Waals surface area contributed by atoms with Crippen molar-refractivity contribution in [2.24, 2.45) is 0 Å². The second kappa shape index (κ2) is 9.82. The number of carboxylic acids is 1. The molecular formula is C24H28N2O6. The summed E-state index contributed by atoms with van der Waals surface area (Å²) in [7, 11) is 1.48. The normalized spacial score (nSPS) is 13.6. The summed E-state index contributed by atoms with van der Waals surface area (Å²) in [6, 6.07) is 15.0. The summed E-state index contributed by atoms with van der Waals surface area (Å²) in [5.74, 6) is -1.91. The van der Waals surface area contributed by atoms with E-state index in [1.54, 1.807) is 0 Å². The van der Waals surface area contributed by atoms with Gasteiger partial charge in [0.25, 0.3) is 0 Å². The van der Waals surface area contributed by atoms with E-state index in [0.717, 1.165) is 22.3 Å². The number of carbonyl (C=O) groups is 3. The lowest BCUT2D eigenvalue weighted by Crippen LogP contribution is -2.56. The van der Waals surface area contributed by atoms with Gasteiger partial charge in [-0.3, -0.25) is 4.79 Å². The van der Waals surface area contributed by atoms with Crippen LogP contribution >= 0.6 is 0 Å². The zero-order chi connectivity index (χ0) is 23.3. The van der Waals surface area contributed by atoms with Crippen LogP contribution in [0, 0.1) is 0 Å². The molecule has 170 valence electrons. The molecular weight excluding hydrogens is 412 g/mol. The number of aliphatic carboxylic acids is 1. The van der Waals surface area contributed by atoms with Gasteiger partial charge >= 0.3 is 12.1 Å². The van der Waals surface area contributed by atoms with Gasteiger partial charge in [0.1, 0.15) is 18.2 Å². The molecule has 1 unspecified atom stereocenters. The summed E-state index contributed by atoms with van der Waals surface area (Å²) < 4.78 is 10.5. The maximum absolute atomic E-state index is 12.6. The molecule has 32 heavy (non-hydrogen) atoms. The van der Waals surface area contributed by atoms with Gasteiger partial charge < -0.3 is 25.2 Å². The summed E-state index contributed by atoms with van der Waals surface area (Å²) in [5.41, 5.74) is 2.91. The van der Waals surface area contributed by atoms with Gasteiger partial charge in [-0.05, 0) is 36.1 Å². The Morgan fingerprint density at radius 3 is 2.12 bits per heavy atom. The molecule has 0 aromatic heterocycles. The number of nitrogens with one attached hydrogen (secondary N) is 2. The van der Waals surface area contributed by atoms with Crippen LogP contribution in [0.2, 0.25) is 0 Å². The summed E-state index contributed by atoms with van der Waals surface area (Å²) in [4.78, 5) is 36.4. The molecule has 2 aromatic carbocycles. The molecule has 8 heteroatoms. The maximum Gasteiger partial charge on any atom is 0.407 e. The van der Waals surface area contributed by atoms with Crippen molar-refractivity contribution in [3.8, 4) is 11.1 Å². The molecule has 0 saturated carbocycles. The van der Waals surface area contributed by atoms with E-state index in [0.29, 0.717) is 0 Å². The van der Waals surface area contributed by atoms with Crippen molar-refractivity contribution in [3.05, 3.63) is 59.7 Å². The number of ether oxygens (including phenoxy) is 2. The van der Waals surface area contributed by atoms with Crippen LogP contribution in [-0.4, -0.2) is 55.0 Å². The third-order valence-corrected chi connectivity index (χ3v) is 5.53. The van der Waals surface area contributed by atoms with Crippen LogP contribution in [0.25, 0.3) is 11.1 Å². The maximum atomic E-state index is 12.6. The zero-order valence-electron chi connectivity index (χ0n) is 18.4. The van der Waals surface area contributed by atoms with Crippen LogP contribution in [0.4, 0.5) is 4.79 Å². The molecule has 2 aromatic rings. The van der Waals surface area contributed by atoms with E-state index < -0.39 is 29.6 Å². The number of fused-ring (bicyclic) bond motifs is 3. The van der Waals surface area contributed by atoms with Crippen LogP contribution in [0.5, 0.6) is 0 Å². The fourth-order valence-corrected chi connectivity index (χ4v) is 3.74. The van der Waals surface area contributed by atoms with Crippen LogP contribution in [-0.2, 0) is 19.1 Å². The first kappa shape index (κ1) is 23.3. The predicted octanol–water partition coefficient (Wildman–Crippen LogP) is 2.91. The Balaban J connectivity index is 1.67. The highest BCUT2D eigenvalue weighted by molar-refractivity contribution is 5.90. The number of rotatable bonds is 9. The minimum absolute atomic E-state index is 0.106. The van der Waals surface area contributed by atoms with Crippen molar-refractivity contribution >= 4 is 18.0 Å². The number of amides is 2. The van der Waals surface area contributed by atoms with E-state index in [9.17, 15) is 19.5 Å². The fraction of sp³-hybridized carbons (Fsp3) is 0.375. The molecule has 1 aliphatic rings. The van der Waals surface area contributed by atoms with Crippen molar-refractivity contribution in [2.45, 2.75) is 37.8 Å². The highest BCUT2D eigenvalue weighted by Crippen LogP contribution is 2.44. The van der Waals surface area contributed by atoms with Crippen molar-refractivity contribution in [1.29, 1.82) is 0 Å². The number of hydrogen-bond acceptors (Lipinski definition) is 5. The highest BCUT2D eigenvalue weighted by Gasteiger charge is 2.33. The molecule has 0 spiro atoms. The lowest BCUT2D eigenvalue weighted by Gasteiger charge is -2.25. The number of carboxylic acid groups (broad SMARTS) is 1. The first-order valence-electron chi connectivity index (χ1n) is 10.4. The Morgan fingerprint density at radius 2 is 1.59 bits per heavy atom. The fourth-order valence-electron chi connectivity index (χ4n) is 3.74. The van der Waals surface area contributed by atoms with Crippen molar-refractivity contribution in [2.75, 3.05) is 20.3 Å². The van der Waals surface area contributed by atoms with Gasteiger partial charge in [-0.2, -0.15) is 0 Å². The van der Waals surface area contributed by atoms with Gasteiger partial charge in [-0.15, -0.1) is 0 Å². The largest absolute Gasteiger partial charge is 0.480 e. The van der Waals surface area contributed by atoms with E-state index in [1.165, 1.54) is 21.0 Å². The van der Waals surface area contributed by atoms with Gasteiger partial charge in [-0.25, -0.2) is 9.59 Å². The second-order valence-electron chi connectivity index (χ2n) is 8.22. The van der Waals surface area contributed by atoms with E-state index in [2.05, 4.69) is 10.6 Å². The highest BCUT2D eigenvalue weighted by atomic mass is 16.5. The summed E-state index contributed by atoms with van der Waals surface area (Å²) >= 11 is 0. The monoisotopic (exact) mass is 440 g/mol. The first-order chi connectivity index (χ1) is 15.2. The smallest absolute Gasteiger partial charge is 0.407 e. The molecule has 3 N–H and O–H groups in total. The van der Waals surface area contributed by atoms with Gasteiger partial charge in [0.15, 0.2) is 0 Å². The summed E-state index contributed by atoms with van der Waals surface area (Å²) in [6.07, 6.45) is -0.585. The van der Waals surface area contributed by atoms with Crippen LogP contribution in [0.15, 0.2) is 48.5 Å². The van der Waals surface area contributed by atoms with E-state index >= 15 is 0 Å².